The molecule has 13 heavy (non-hydrogen) atoms. The first kappa shape index (κ1) is 12.5. The van der Waals surface area contributed by atoms with Crippen LogP contribution in [0.25, 0.3) is 0 Å². The molecule has 0 spiro atoms. The van der Waals surface area contributed by atoms with E-state index < -0.39 is 0 Å². The molecule has 0 aliphatic rings. The zero-order valence-electron chi connectivity index (χ0n) is 10.0. The number of aliphatic imine (C=N–C) groups is 1. The summed E-state index contributed by atoms with van der Waals surface area (Å²) in [6.07, 6.45) is 0.205. The van der Waals surface area contributed by atoms with Crippen molar-refractivity contribution in [2.45, 2.75) is 60.6 Å². The number of ether oxygens (including phenoxy) is 1. The van der Waals surface area contributed by atoms with Gasteiger partial charge < -0.3 is 4.74 Å². The first-order valence-corrected chi connectivity index (χ1v) is 4.98. The van der Waals surface area contributed by atoms with Gasteiger partial charge in [-0.25, -0.2) is 0 Å². The van der Waals surface area contributed by atoms with E-state index in [1.54, 1.807) is 0 Å². The van der Waals surface area contributed by atoms with E-state index in [2.05, 4.69) is 39.6 Å². The SMILES string of the molecule is CC(C)N=C(OC(C)C)C(C)(C)C. The Morgan fingerprint density at radius 1 is 1.08 bits per heavy atom. The van der Waals surface area contributed by atoms with E-state index >= 15 is 0 Å². The zero-order chi connectivity index (χ0) is 10.6. The van der Waals surface area contributed by atoms with Gasteiger partial charge in [0.05, 0.1) is 6.10 Å². The molecule has 0 aliphatic heterocycles. The van der Waals surface area contributed by atoms with Gasteiger partial charge in [0, 0.05) is 11.5 Å². The predicted molar refractivity (Wildman–Crippen MR) is 58.2 cm³/mol. The highest BCUT2D eigenvalue weighted by molar-refractivity contribution is 5.81. The lowest BCUT2D eigenvalue weighted by Crippen LogP contribution is -2.27. The molecule has 0 heterocycles. The van der Waals surface area contributed by atoms with Gasteiger partial charge in [-0.3, -0.25) is 4.99 Å². The van der Waals surface area contributed by atoms with Crippen LogP contribution >= 0.6 is 0 Å². The monoisotopic (exact) mass is 185 g/mol. The van der Waals surface area contributed by atoms with Crippen molar-refractivity contribution in [2.24, 2.45) is 10.4 Å². The number of rotatable bonds is 2. The minimum atomic E-state index is 0.00847. The van der Waals surface area contributed by atoms with Crippen molar-refractivity contribution in [3.8, 4) is 0 Å². The molecule has 0 N–H and O–H groups in total. The Kier molecular flexibility index (Phi) is 4.45. The molecule has 78 valence electrons. The number of hydrogen-bond acceptors (Lipinski definition) is 2. The van der Waals surface area contributed by atoms with Crippen molar-refractivity contribution < 1.29 is 4.74 Å². The third-order valence-electron chi connectivity index (χ3n) is 1.36. The standard InChI is InChI=1S/C11H23NO/c1-8(2)12-10(11(5,6)7)13-9(3)4/h8-9H,1-7H3. The molecule has 0 radical (unpaired) electrons. The van der Waals surface area contributed by atoms with Crippen LogP contribution in [0.2, 0.25) is 0 Å². The van der Waals surface area contributed by atoms with Crippen molar-refractivity contribution in [1.29, 1.82) is 0 Å². The van der Waals surface area contributed by atoms with Crippen molar-refractivity contribution in [1.82, 2.24) is 0 Å². The summed E-state index contributed by atoms with van der Waals surface area (Å²) >= 11 is 0. The van der Waals surface area contributed by atoms with E-state index in [1.807, 2.05) is 13.8 Å². The molecule has 0 aromatic heterocycles. The van der Waals surface area contributed by atoms with Crippen LogP contribution in [0.3, 0.4) is 0 Å². The highest BCUT2D eigenvalue weighted by atomic mass is 16.5. The number of hydrogen-bond donors (Lipinski definition) is 0. The van der Waals surface area contributed by atoms with Crippen LogP contribution in [-0.2, 0) is 4.74 Å². The fourth-order valence-corrected chi connectivity index (χ4v) is 0.859. The second-order valence-electron chi connectivity index (χ2n) is 4.94. The van der Waals surface area contributed by atoms with Gasteiger partial charge in [0.15, 0.2) is 5.90 Å². The fraction of sp³-hybridized carbons (Fsp3) is 0.909. The summed E-state index contributed by atoms with van der Waals surface area (Å²) in [5, 5.41) is 0. The molecule has 2 nitrogen and oxygen atoms in total. The van der Waals surface area contributed by atoms with Gasteiger partial charge in [-0.2, -0.15) is 0 Å². The van der Waals surface area contributed by atoms with Crippen molar-refractivity contribution in [3.63, 3.8) is 0 Å². The van der Waals surface area contributed by atoms with Gasteiger partial charge in [-0.1, -0.05) is 20.8 Å². The quantitative estimate of drug-likeness (QED) is 0.478. The molecule has 0 aliphatic carbocycles. The van der Waals surface area contributed by atoms with E-state index in [-0.39, 0.29) is 11.5 Å². The second-order valence-corrected chi connectivity index (χ2v) is 4.94. The van der Waals surface area contributed by atoms with Crippen LogP contribution < -0.4 is 0 Å². The summed E-state index contributed by atoms with van der Waals surface area (Å²) in [6, 6.07) is 0.299. The third kappa shape index (κ3) is 5.67. The predicted octanol–water partition coefficient (Wildman–Crippen LogP) is 3.26. The van der Waals surface area contributed by atoms with Crippen molar-refractivity contribution in [2.75, 3.05) is 0 Å². The first-order valence-electron chi connectivity index (χ1n) is 4.98. The summed E-state index contributed by atoms with van der Waals surface area (Å²) in [5.41, 5.74) is 0.00847. The third-order valence-corrected chi connectivity index (χ3v) is 1.36. The molecule has 0 unspecified atom stereocenters. The topological polar surface area (TPSA) is 21.6 Å². The van der Waals surface area contributed by atoms with Crippen molar-refractivity contribution in [3.05, 3.63) is 0 Å². The molecular weight excluding hydrogens is 162 g/mol. The van der Waals surface area contributed by atoms with Gasteiger partial charge in [-0.05, 0) is 27.7 Å². The maximum Gasteiger partial charge on any atom is 0.189 e. The molecule has 2 heteroatoms. The van der Waals surface area contributed by atoms with E-state index in [1.165, 1.54) is 0 Å². The molecule has 0 fully saturated rings. The first-order chi connectivity index (χ1) is 5.73. The molecular formula is C11H23NO. The van der Waals surface area contributed by atoms with Gasteiger partial charge in [-0.15, -0.1) is 0 Å². The highest BCUT2D eigenvalue weighted by Crippen LogP contribution is 2.19. The van der Waals surface area contributed by atoms with Crippen LogP contribution in [0.15, 0.2) is 4.99 Å². The van der Waals surface area contributed by atoms with Crippen LogP contribution in [-0.4, -0.2) is 18.0 Å². The maximum atomic E-state index is 5.68. The van der Waals surface area contributed by atoms with Gasteiger partial charge in [0.1, 0.15) is 0 Å². The van der Waals surface area contributed by atoms with Crippen LogP contribution in [0.4, 0.5) is 0 Å². The summed E-state index contributed by atoms with van der Waals surface area (Å²) in [4.78, 5) is 4.48. The average molecular weight is 185 g/mol. The van der Waals surface area contributed by atoms with Crippen LogP contribution in [0, 0.1) is 5.41 Å². The zero-order valence-corrected chi connectivity index (χ0v) is 10.0. The molecule has 0 rings (SSSR count). The Morgan fingerprint density at radius 2 is 1.54 bits per heavy atom. The molecule has 0 saturated heterocycles. The Bertz CT molecular complexity index is 175. The summed E-state index contributed by atoms with van der Waals surface area (Å²) in [7, 11) is 0. The van der Waals surface area contributed by atoms with E-state index in [0.717, 1.165) is 5.90 Å². The minimum Gasteiger partial charge on any atom is -0.478 e. The average Bonchev–Trinajstić information content (AvgIpc) is 1.81. The Balaban J connectivity index is 4.57. The second kappa shape index (κ2) is 4.64. The summed E-state index contributed by atoms with van der Waals surface area (Å²) < 4.78 is 5.68. The molecule has 0 atom stereocenters. The molecule has 0 aromatic carbocycles. The van der Waals surface area contributed by atoms with E-state index in [9.17, 15) is 0 Å². The molecule has 0 saturated carbocycles. The maximum absolute atomic E-state index is 5.68. The Morgan fingerprint density at radius 3 is 1.77 bits per heavy atom. The Hall–Kier alpha value is -0.530. The normalized spacial score (nSPS) is 14.1. The largest absolute Gasteiger partial charge is 0.478 e. The molecule has 0 bridgehead atoms. The van der Waals surface area contributed by atoms with E-state index in [0.29, 0.717) is 6.04 Å². The van der Waals surface area contributed by atoms with Gasteiger partial charge >= 0.3 is 0 Å². The Labute approximate surface area is 82.4 Å². The summed E-state index contributed by atoms with van der Waals surface area (Å²) in [5.74, 6) is 0.859. The minimum absolute atomic E-state index is 0.00847. The lowest BCUT2D eigenvalue weighted by Gasteiger charge is -2.24. The lowest BCUT2D eigenvalue weighted by atomic mass is 9.96. The van der Waals surface area contributed by atoms with E-state index in [4.69, 9.17) is 4.74 Å². The van der Waals surface area contributed by atoms with Crippen molar-refractivity contribution >= 4 is 5.90 Å². The fourth-order valence-electron chi connectivity index (χ4n) is 0.859. The van der Waals surface area contributed by atoms with Crippen LogP contribution in [0.1, 0.15) is 48.5 Å². The van der Waals surface area contributed by atoms with Gasteiger partial charge in [0.25, 0.3) is 0 Å². The molecule has 0 amide bonds. The molecule has 0 aromatic rings. The smallest absolute Gasteiger partial charge is 0.189 e. The lowest BCUT2D eigenvalue weighted by molar-refractivity contribution is 0.196. The van der Waals surface area contributed by atoms with Gasteiger partial charge in [0.2, 0.25) is 0 Å². The number of nitrogens with zero attached hydrogens (tertiary/aromatic N) is 1. The van der Waals surface area contributed by atoms with Crippen LogP contribution in [0.5, 0.6) is 0 Å². The highest BCUT2D eigenvalue weighted by Gasteiger charge is 2.21. The summed E-state index contributed by atoms with van der Waals surface area (Å²) in [6.45, 7) is 14.6.